The maximum Gasteiger partial charge on any atom is 0.260 e. The van der Waals surface area contributed by atoms with Crippen molar-refractivity contribution >= 4 is 27.7 Å². The third-order valence-electron chi connectivity index (χ3n) is 4.38. The van der Waals surface area contributed by atoms with Gasteiger partial charge in [-0.1, -0.05) is 40.2 Å². The standard InChI is InChI=1S/C20H21BrN2O3/c21-16-6-4-5-15(13-16)20(25)22-17-9-11-23(12-10-17)19(24)14-26-18-7-2-1-3-8-18/h1-8,13,17H,9-12,14H2,(H,22,25). The molecule has 0 aliphatic carbocycles. The minimum Gasteiger partial charge on any atom is -0.484 e. The summed E-state index contributed by atoms with van der Waals surface area (Å²) in [6.07, 6.45) is 1.49. The van der Waals surface area contributed by atoms with Crippen LogP contribution in [0.3, 0.4) is 0 Å². The van der Waals surface area contributed by atoms with Crippen LogP contribution in [-0.4, -0.2) is 42.5 Å². The van der Waals surface area contributed by atoms with Gasteiger partial charge in [0.1, 0.15) is 5.75 Å². The predicted octanol–water partition coefficient (Wildman–Crippen LogP) is 3.25. The van der Waals surface area contributed by atoms with E-state index in [1.807, 2.05) is 42.5 Å². The van der Waals surface area contributed by atoms with Gasteiger partial charge in [-0.05, 0) is 43.2 Å². The number of likely N-dealkylation sites (tertiary alicyclic amines) is 1. The van der Waals surface area contributed by atoms with Gasteiger partial charge < -0.3 is 15.0 Å². The molecule has 0 unspecified atom stereocenters. The van der Waals surface area contributed by atoms with Crippen molar-refractivity contribution in [2.75, 3.05) is 19.7 Å². The lowest BCUT2D eigenvalue weighted by Gasteiger charge is -2.32. The van der Waals surface area contributed by atoms with Gasteiger partial charge in [0.2, 0.25) is 0 Å². The SMILES string of the molecule is O=C(NC1CCN(C(=O)COc2ccccc2)CC1)c1cccc(Br)c1. The van der Waals surface area contributed by atoms with Gasteiger partial charge in [0.05, 0.1) is 0 Å². The van der Waals surface area contributed by atoms with Crippen LogP contribution >= 0.6 is 15.9 Å². The Morgan fingerprint density at radius 3 is 2.50 bits per heavy atom. The van der Waals surface area contributed by atoms with E-state index in [0.717, 1.165) is 17.3 Å². The van der Waals surface area contributed by atoms with Gasteiger partial charge in [-0.15, -0.1) is 0 Å². The zero-order valence-electron chi connectivity index (χ0n) is 14.4. The highest BCUT2D eigenvalue weighted by molar-refractivity contribution is 9.10. The smallest absolute Gasteiger partial charge is 0.260 e. The van der Waals surface area contributed by atoms with Crippen LogP contribution in [0.4, 0.5) is 0 Å². The van der Waals surface area contributed by atoms with Crippen LogP contribution in [0.15, 0.2) is 59.1 Å². The second kappa shape index (κ2) is 8.85. The Hall–Kier alpha value is -2.34. The van der Waals surface area contributed by atoms with Crippen LogP contribution in [0, 0.1) is 0 Å². The fraction of sp³-hybridized carbons (Fsp3) is 0.300. The van der Waals surface area contributed by atoms with E-state index in [0.29, 0.717) is 24.4 Å². The quantitative estimate of drug-likeness (QED) is 0.813. The highest BCUT2D eigenvalue weighted by Gasteiger charge is 2.24. The number of carbonyl (C=O) groups excluding carboxylic acids is 2. The molecule has 1 heterocycles. The molecule has 2 aromatic rings. The molecule has 26 heavy (non-hydrogen) atoms. The summed E-state index contributed by atoms with van der Waals surface area (Å²) in [5, 5.41) is 3.05. The second-order valence-electron chi connectivity index (χ2n) is 6.24. The first-order chi connectivity index (χ1) is 12.6. The fourth-order valence-electron chi connectivity index (χ4n) is 2.92. The van der Waals surface area contributed by atoms with E-state index in [9.17, 15) is 9.59 Å². The normalized spacial score (nSPS) is 14.7. The molecule has 0 aromatic heterocycles. The minimum atomic E-state index is -0.0801. The molecule has 2 amide bonds. The summed E-state index contributed by atoms with van der Waals surface area (Å²) < 4.78 is 6.39. The molecule has 0 radical (unpaired) electrons. The zero-order valence-corrected chi connectivity index (χ0v) is 15.9. The van der Waals surface area contributed by atoms with Crippen molar-refractivity contribution in [1.29, 1.82) is 0 Å². The number of benzene rings is 2. The van der Waals surface area contributed by atoms with E-state index < -0.39 is 0 Å². The van der Waals surface area contributed by atoms with E-state index >= 15 is 0 Å². The van der Waals surface area contributed by atoms with Crippen molar-refractivity contribution < 1.29 is 14.3 Å². The summed E-state index contributed by atoms with van der Waals surface area (Å²) >= 11 is 3.37. The van der Waals surface area contributed by atoms with Crippen molar-refractivity contribution in [3.8, 4) is 5.75 Å². The van der Waals surface area contributed by atoms with Crippen LogP contribution in [0.25, 0.3) is 0 Å². The molecule has 1 N–H and O–H groups in total. The number of amides is 2. The number of carbonyl (C=O) groups is 2. The summed E-state index contributed by atoms with van der Waals surface area (Å²) in [6, 6.07) is 16.7. The maximum atomic E-state index is 12.3. The Kier molecular flexibility index (Phi) is 6.28. The molecule has 0 spiro atoms. The van der Waals surface area contributed by atoms with Crippen LogP contribution in [0.5, 0.6) is 5.75 Å². The van der Waals surface area contributed by atoms with Crippen LogP contribution in [0.2, 0.25) is 0 Å². The number of nitrogens with one attached hydrogen (secondary N) is 1. The predicted molar refractivity (Wildman–Crippen MR) is 103 cm³/mol. The third-order valence-corrected chi connectivity index (χ3v) is 4.87. The maximum absolute atomic E-state index is 12.3. The molecule has 5 nitrogen and oxygen atoms in total. The van der Waals surface area contributed by atoms with Gasteiger partial charge in [0.15, 0.2) is 6.61 Å². The van der Waals surface area contributed by atoms with Gasteiger partial charge in [-0.2, -0.15) is 0 Å². The molecule has 0 atom stereocenters. The molecule has 3 rings (SSSR count). The lowest BCUT2D eigenvalue weighted by Crippen LogP contribution is -2.47. The van der Waals surface area contributed by atoms with Crippen molar-refractivity contribution in [3.05, 3.63) is 64.6 Å². The van der Waals surface area contributed by atoms with Gasteiger partial charge in [0.25, 0.3) is 11.8 Å². The Balaban J connectivity index is 1.43. The van der Waals surface area contributed by atoms with Crippen LogP contribution in [-0.2, 0) is 4.79 Å². The number of piperidine rings is 1. The molecule has 6 heteroatoms. The first kappa shape index (κ1) is 18.5. The zero-order chi connectivity index (χ0) is 18.4. The number of halogens is 1. The first-order valence-corrected chi connectivity index (χ1v) is 9.43. The molecule has 0 bridgehead atoms. The minimum absolute atomic E-state index is 0.0226. The summed E-state index contributed by atoms with van der Waals surface area (Å²) in [5.74, 6) is 0.589. The van der Waals surface area contributed by atoms with E-state index in [4.69, 9.17) is 4.74 Å². The lowest BCUT2D eigenvalue weighted by atomic mass is 10.0. The Morgan fingerprint density at radius 1 is 1.08 bits per heavy atom. The molecule has 0 saturated carbocycles. The fourth-order valence-corrected chi connectivity index (χ4v) is 3.32. The molecule has 1 aliphatic heterocycles. The van der Waals surface area contributed by atoms with E-state index in [-0.39, 0.29) is 24.5 Å². The highest BCUT2D eigenvalue weighted by Crippen LogP contribution is 2.15. The van der Waals surface area contributed by atoms with Crippen molar-refractivity contribution in [3.63, 3.8) is 0 Å². The summed E-state index contributed by atoms with van der Waals surface area (Å²) in [7, 11) is 0. The van der Waals surface area contributed by atoms with Crippen LogP contribution in [0.1, 0.15) is 23.2 Å². The average molecular weight is 417 g/mol. The number of ether oxygens (including phenoxy) is 1. The summed E-state index contributed by atoms with van der Waals surface area (Å²) in [5.41, 5.74) is 0.633. The van der Waals surface area contributed by atoms with E-state index in [2.05, 4.69) is 21.2 Å². The molecule has 1 fully saturated rings. The van der Waals surface area contributed by atoms with Crippen molar-refractivity contribution in [2.24, 2.45) is 0 Å². The Morgan fingerprint density at radius 2 is 1.81 bits per heavy atom. The lowest BCUT2D eigenvalue weighted by molar-refractivity contribution is -0.134. The van der Waals surface area contributed by atoms with Gasteiger partial charge in [-0.3, -0.25) is 9.59 Å². The van der Waals surface area contributed by atoms with Gasteiger partial charge >= 0.3 is 0 Å². The van der Waals surface area contributed by atoms with Crippen molar-refractivity contribution in [2.45, 2.75) is 18.9 Å². The number of hydrogen-bond acceptors (Lipinski definition) is 3. The first-order valence-electron chi connectivity index (χ1n) is 8.64. The average Bonchev–Trinajstić information content (AvgIpc) is 2.67. The molecule has 1 aliphatic rings. The van der Waals surface area contributed by atoms with Gasteiger partial charge in [0, 0.05) is 29.2 Å². The van der Waals surface area contributed by atoms with Crippen molar-refractivity contribution in [1.82, 2.24) is 10.2 Å². The van der Waals surface area contributed by atoms with Crippen LogP contribution < -0.4 is 10.1 Å². The third kappa shape index (κ3) is 5.08. The molecule has 136 valence electrons. The van der Waals surface area contributed by atoms with E-state index in [1.165, 1.54) is 0 Å². The Labute approximate surface area is 161 Å². The van der Waals surface area contributed by atoms with E-state index in [1.54, 1.807) is 17.0 Å². The highest BCUT2D eigenvalue weighted by atomic mass is 79.9. The monoisotopic (exact) mass is 416 g/mol. The number of nitrogens with zero attached hydrogens (tertiary/aromatic N) is 1. The number of para-hydroxylation sites is 1. The summed E-state index contributed by atoms with van der Waals surface area (Å²) in [6.45, 7) is 1.29. The second-order valence-corrected chi connectivity index (χ2v) is 7.16. The number of rotatable bonds is 5. The number of hydrogen-bond donors (Lipinski definition) is 1. The molecular weight excluding hydrogens is 396 g/mol. The summed E-state index contributed by atoms with van der Waals surface area (Å²) in [4.78, 5) is 26.4. The largest absolute Gasteiger partial charge is 0.484 e. The molecule has 1 saturated heterocycles. The van der Waals surface area contributed by atoms with Gasteiger partial charge in [-0.25, -0.2) is 0 Å². The topological polar surface area (TPSA) is 58.6 Å². The molecular formula is C20H21BrN2O3. The Bertz CT molecular complexity index is 759. The molecule has 2 aromatic carbocycles.